The van der Waals surface area contributed by atoms with Crippen molar-refractivity contribution in [3.05, 3.63) is 59.9 Å². The molecule has 1 saturated heterocycles. The summed E-state index contributed by atoms with van der Waals surface area (Å²) in [6.07, 6.45) is 5.15. The number of esters is 1. The maximum Gasteiger partial charge on any atom is 0.337 e. The molecule has 0 aliphatic carbocycles. The van der Waals surface area contributed by atoms with E-state index < -0.39 is 0 Å². The average molecular weight is 367 g/mol. The largest absolute Gasteiger partial charge is 0.472 e. The number of furan rings is 1. The highest BCUT2D eigenvalue weighted by Crippen LogP contribution is 2.30. The fourth-order valence-corrected chi connectivity index (χ4v) is 3.36. The molecule has 0 amide bonds. The molecule has 0 spiro atoms. The SMILES string of the molecule is COC(=O)c1ccc(CN2CCC(c3nnc(-c4ccoc4)o3)CC2)cc1. The second-order valence-corrected chi connectivity index (χ2v) is 6.70. The number of likely N-dealkylation sites (tertiary alicyclic amines) is 1. The van der Waals surface area contributed by atoms with Crippen molar-refractivity contribution in [2.45, 2.75) is 25.3 Å². The first-order valence-electron chi connectivity index (χ1n) is 8.98. The molecule has 0 unspecified atom stereocenters. The molecular weight excluding hydrogens is 346 g/mol. The molecule has 1 aliphatic rings. The van der Waals surface area contributed by atoms with Crippen molar-refractivity contribution in [3.8, 4) is 11.5 Å². The number of benzene rings is 1. The van der Waals surface area contributed by atoms with Gasteiger partial charge in [0.25, 0.3) is 5.89 Å². The molecule has 7 heteroatoms. The van der Waals surface area contributed by atoms with Crippen LogP contribution >= 0.6 is 0 Å². The minimum atomic E-state index is -0.309. The number of carbonyl (C=O) groups is 1. The van der Waals surface area contributed by atoms with Crippen LogP contribution in [0.4, 0.5) is 0 Å². The molecule has 7 nitrogen and oxygen atoms in total. The van der Waals surface area contributed by atoms with E-state index in [1.807, 2.05) is 30.3 Å². The first kappa shape index (κ1) is 17.5. The average Bonchev–Trinajstić information content (AvgIpc) is 3.40. The van der Waals surface area contributed by atoms with Gasteiger partial charge in [0.15, 0.2) is 0 Å². The standard InChI is InChI=1S/C20H21N3O4/c1-25-20(24)16-4-2-14(3-5-16)12-23-9-6-15(7-10-23)18-21-22-19(27-18)17-8-11-26-13-17/h2-5,8,11,13,15H,6-7,9-10,12H2,1H3. The van der Waals surface area contributed by atoms with Crippen LogP contribution in [0, 0.1) is 0 Å². The molecule has 0 N–H and O–H groups in total. The Morgan fingerprint density at radius 2 is 1.96 bits per heavy atom. The maximum atomic E-state index is 11.5. The number of hydrogen-bond donors (Lipinski definition) is 0. The van der Waals surface area contributed by atoms with Gasteiger partial charge in [0.1, 0.15) is 6.26 Å². The molecule has 1 fully saturated rings. The zero-order valence-corrected chi connectivity index (χ0v) is 15.1. The summed E-state index contributed by atoms with van der Waals surface area (Å²) in [4.78, 5) is 13.9. The van der Waals surface area contributed by atoms with E-state index in [2.05, 4.69) is 15.1 Å². The van der Waals surface area contributed by atoms with E-state index in [0.29, 0.717) is 17.3 Å². The topological polar surface area (TPSA) is 81.6 Å². The third-order valence-electron chi connectivity index (χ3n) is 4.93. The fourth-order valence-electron chi connectivity index (χ4n) is 3.36. The van der Waals surface area contributed by atoms with Crippen molar-refractivity contribution in [1.82, 2.24) is 15.1 Å². The molecule has 0 bridgehead atoms. The normalized spacial score (nSPS) is 15.7. The molecule has 3 aromatic rings. The van der Waals surface area contributed by atoms with Crippen LogP contribution in [0.3, 0.4) is 0 Å². The van der Waals surface area contributed by atoms with Crippen molar-refractivity contribution < 1.29 is 18.4 Å². The Labute approximate surface area is 156 Å². The van der Waals surface area contributed by atoms with Gasteiger partial charge in [0, 0.05) is 12.5 Å². The highest BCUT2D eigenvalue weighted by molar-refractivity contribution is 5.89. The molecule has 140 valence electrons. The second-order valence-electron chi connectivity index (χ2n) is 6.70. The Kier molecular flexibility index (Phi) is 5.02. The molecule has 1 aromatic carbocycles. The third-order valence-corrected chi connectivity index (χ3v) is 4.93. The minimum absolute atomic E-state index is 0.288. The molecule has 1 aliphatic heterocycles. The highest BCUT2D eigenvalue weighted by atomic mass is 16.5. The molecule has 0 radical (unpaired) electrons. The number of ether oxygens (including phenoxy) is 1. The number of methoxy groups -OCH3 is 1. The van der Waals surface area contributed by atoms with Crippen LogP contribution in [0.5, 0.6) is 0 Å². The van der Waals surface area contributed by atoms with Crippen LogP contribution in [-0.2, 0) is 11.3 Å². The van der Waals surface area contributed by atoms with Gasteiger partial charge < -0.3 is 13.6 Å². The second kappa shape index (κ2) is 7.75. The lowest BCUT2D eigenvalue weighted by atomic mass is 9.96. The van der Waals surface area contributed by atoms with Crippen molar-refractivity contribution in [3.63, 3.8) is 0 Å². The van der Waals surface area contributed by atoms with Crippen LogP contribution in [-0.4, -0.2) is 41.3 Å². The number of nitrogens with zero attached hydrogens (tertiary/aromatic N) is 3. The molecule has 0 saturated carbocycles. The molecule has 4 rings (SSSR count). The number of piperidine rings is 1. The third kappa shape index (κ3) is 3.93. The van der Waals surface area contributed by atoms with E-state index in [1.165, 1.54) is 12.7 Å². The summed E-state index contributed by atoms with van der Waals surface area (Å²) in [5, 5.41) is 8.34. The van der Waals surface area contributed by atoms with Gasteiger partial charge in [0.2, 0.25) is 5.89 Å². The zero-order valence-electron chi connectivity index (χ0n) is 15.1. The molecule has 0 atom stereocenters. The van der Waals surface area contributed by atoms with Gasteiger partial charge in [-0.05, 0) is 49.7 Å². The molecule has 2 aromatic heterocycles. The molecule has 3 heterocycles. The van der Waals surface area contributed by atoms with Crippen molar-refractivity contribution in [2.24, 2.45) is 0 Å². The van der Waals surface area contributed by atoms with Crippen LogP contribution in [0.15, 0.2) is 51.7 Å². The maximum absolute atomic E-state index is 11.5. The van der Waals surface area contributed by atoms with E-state index in [9.17, 15) is 4.79 Å². The number of carbonyl (C=O) groups excluding carboxylic acids is 1. The summed E-state index contributed by atoms with van der Waals surface area (Å²) < 4.78 is 15.6. The quantitative estimate of drug-likeness (QED) is 0.638. The Hall–Kier alpha value is -2.93. The van der Waals surface area contributed by atoms with E-state index >= 15 is 0 Å². The Balaban J connectivity index is 1.32. The lowest BCUT2D eigenvalue weighted by Gasteiger charge is -2.30. The van der Waals surface area contributed by atoms with E-state index in [0.717, 1.165) is 38.0 Å². The monoisotopic (exact) mass is 367 g/mol. The summed E-state index contributed by atoms with van der Waals surface area (Å²) in [6, 6.07) is 9.39. The van der Waals surface area contributed by atoms with Gasteiger partial charge >= 0.3 is 5.97 Å². The predicted octanol–water partition coefficient (Wildman–Crippen LogP) is 3.50. The summed E-state index contributed by atoms with van der Waals surface area (Å²) in [7, 11) is 1.39. The Bertz CT molecular complexity index is 878. The Morgan fingerprint density at radius 3 is 2.63 bits per heavy atom. The van der Waals surface area contributed by atoms with Gasteiger partial charge in [-0.2, -0.15) is 0 Å². The van der Waals surface area contributed by atoms with Crippen LogP contribution in [0.25, 0.3) is 11.5 Å². The van der Waals surface area contributed by atoms with E-state index in [-0.39, 0.29) is 11.9 Å². The van der Waals surface area contributed by atoms with Gasteiger partial charge in [-0.3, -0.25) is 4.90 Å². The van der Waals surface area contributed by atoms with Gasteiger partial charge in [-0.25, -0.2) is 4.79 Å². The zero-order chi connectivity index (χ0) is 18.6. The lowest BCUT2D eigenvalue weighted by molar-refractivity contribution is 0.0600. The Morgan fingerprint density at radius 1 is 1.19 bits per heavy atom. The van der Waals surface area contributed by atoms with Crippen LogP contribution < -0.4 is 0 Å². The first-order chi connectivity index (χ1) is 13.2. The molecular formula is C20H21N3O4. The van der Waals surface area contributed by atoms with Crippen molar-refractivity contribution in [1.29, 1.82) is 0 Å². The van der Waals surface area contributed by atoms with Crippen LogP contribution in [0.2, 0.25) is 0 Å². The highest BCUT2D eigenvalue weighted by Gasteiger charge is 2.25. The smallest absolute Gasteiger partial charge is 0.337 e. The van der Waals surface area contributed by atoms with Crippen LogP contribution in [0.1, 0.15) is 40.6 Å². The predicted molar refractivity (Wildman–Crippen MR) is 97.0 cm³/mol. The summed E-state index contributed by atoms with van der Waals surface area (Å²) in [5.41, 5.74) is 2.56. The minimum Gasteiger partial charge on any atom is -0.472 e. The number of aromatic nitrogens is 2. The van der Waals surface area contributed by atoms with E-state index in [4.69, 9.17) is 13.6 Å². The summed E-state index contributed by atoms with van der Waals surface area (Å²) in [6.45, 7) is 2.79. The fraction of sp³-hybridized carbons (Fsp3) is 0.350. The molecule has 27 heavy (non-hydrogen) atoms. The van der Waals surface area contributed by atoms with Gasteiger partial charge in [0.05, 0.1) is 24.5 Å². The lowest BCUT2D eigenvalue weighted by Crippen LogP contribution is -2.32. The van der Waals surface area contributed by atoms with Gasteiger partial charge in [-0.15, -0.1) is 10.2 Å². The van der Waals surface area contributed by atoms with Crippen molar-refractivity contribution >= 4 is 5.97 Å². The first-order valence-corrected chi connectivity index (χ1v) is 8.98. The number of hydrogen-bond acceptors (Lipinski definition) is 7. The van der Waals surface area contributed by atoms with E-state index in [1.54, 1.807) is 12.5 Å². The van der Waals surface area contributed by atoms with Gasteiger partial charge in [-0.1, -0.05) is 12.1 Å². The summed E-state index contributed by atoms with van der Waals surface area (Å²) >= 11 is 0. The van der Waals surface area contributed by atoms with Crippen molar-refractivity contribution in [2.75, 3.05) is 20.2 Å². The number of rotatable bonds is 5. The summed E-state index contributed by atoms with van der Waals surface area (Å²) in [5.74, 6) is 1.19.